The molecule has 0 unspecified atom stereocenters. The minimum Gasteiger partial charge on any atom is -0.480 e. The second-order valence-corrected chi connectivity index (χ2v) is 5.06. The van der Waals surface area contributed by atoms with E-state index in [4.69, 9.17) is 5.11 Å². The molecule has 1 rings (SSSR count). The Morgan fingerprint density at radius 1 is 1.50 bits per heavy atom. The number of carboxylic acid groups (broad SMARTS) is 1. The van der Waals surface area contributed by atoms with Crippen molar-refractivity contribution >= 4 is 23.2 Å². The smallest absolute Gasteiger partial charge is 0.326 e. The van der Waals surface area contributed by atoms with Crippen LogP contribution in [0.3, 0.4) is 0 Å². The van der Waals surface area contributed by atoms with Gasteiger partial charge in [0.05, 0.1) is 5.56 Å². The summed E-state index contributed by atoms with van der Waals surface area (Å²) < 4.78 is 0. The molecule has 5 heteroatoms. The third-order valence-electron chi connectivity index (χ3n) is 2.30. The van der Waals surface area contributed by atoms with Crippen molar-refractivity contribution in [3.63, 3.8) is 0 Å². The molecule has 1 amide bonds. The number of nitrogens with one attached hydrogen (secondary N) is 1. The molecule has 1 aromatic heterocycles. The van der Waals surface area contributed by atoms with E-state index in [1.165, 1.54) is 11.3 Å². The Morgan fingerprint density at radius 3 is 2.50 bits per heavy atom. The van der Waals surface area contributed by atoms with E-state index < -0.39 is 12.0 Å². The van der Waals surface area contributed by atoms with Crippen LogP contribution in [0.4, 0.5) is 0 Å². The number of carboxylic acids is 1. The predicted octanol–water partition coefficient (Wildman–Crippen LogP) is 1.96. The summed E-state index contributed by atoms with van der Waals surface area (Å²) in [4.78, 5) is 24.5. The Balaban J connectivity index is 2.79. The molecule has 0 aromatic carbocycles. The molecule has 0 saturated heterocycles. The molecule has 1 atom stereocenters. The SMILES string of the molecule is CC[C@@H](NC(=O)c1cc(C)sc1C)C(=O)O. The molecular formula is C11H15NO3S. The third kappa shape index (κ3) is 2.82. The van der Waals surface area contributed by atoms with Gasteiger partial charge >= 0.3 is 5.97 Å². The van der Waals surface area contributed by atoms with Gasteiger partial charge in [-0.2, -0.15) is 0 Å². The fourth-order valence-corrected chi connectivity index (χ4v) is 2.35. The lowest BCUT2D eigenvalue weighted by Gasteiger charge is -2.11. The van der Waals surface area contributed by atoms with Crippen LogP contribution in [-0.2, 0) is 4.79 Å². The van der Waals surface area contributed by atoms with Gasteiger partial charge in [-0.05, 0) is 26.3 Å². The van der Waals surface area contributed by atoms with E-state index >= 15 is 0 Å². The van der Waals surface area contributed by atoms with Crippen molar-refractivity contribution in [2.75, 3.05) is 0 Å². The third-order valence-corrected chi connectivity index (χ3v) is 3.26. The predicted molar refractivity (Wildman–Crippen MR) is 63.0 cm³/mol. The Bertz CT molecular complexity index is 411. The van der Waals surface area contributed by atoms with Gasteiger partial charge in [-0.3, -0.25) is 4.79 Å². The first-order valence-electron chi connectivity index (χ1n) is 5.06. The lowest BCUT2D eigenvalue weighted by atomic mass is 10.2. The summed E-state index contributed by atoms with van der Waals surface area (Å²) in [6, 6.07) is 0.969. The summed E-state index contributed by atoms with van der Waals surface area (Å²) in [7, 11) is 0. The Hall–Kier alpha value is -1.36. The number of carbonyl (C=O) groups excluding carboxylic acids is 1. The summed E-state index contributed by atoms with van der Waals surface area (Å²) >= 11 is 1.53. The minimum absolute atomic E-state index is 0.309. The average molecular weight is 241 g/mol. The molecule has 0 aliphatic carbocycles. The molecule has 0 fully saturated rings. The lowest BCUT2D eigenvalue weighted by Crippen LogP contribution is -2.40. The molecule has 0 aliphatic rings. The van der Waals surface area contributed by atoms with Crippen LogP contribution in [0.2, 0.25) is 0 Å². The van der Waals surface area contributed by atoms with E-state index in [1.54, 1.807) is 13.0 Å². The van der Waals surface area contributed by atoms with Crippen LogP contribution in [0.25, 0.3) is 0 Å². The summed E-state index contributed by atoms with van der Waals surface area (Å²) in [6.07, 6.45) is 0.378. The maximum Gasteiger partial charge on any atom is 0.326 e. The van der Waals surface area contributed by atoms with Crippen molar-refractivity contribution in [1.82, 2.24) is 5.32 Å². The van der Waals surface area contributed by atoms with Crippen molar-refractivity contribution in [2.24, 2.45) is 0 Å². The van der Waals surface area contributed by atoms with Crippen LogP contribution in [-0.4, -0.2) is 23.0 Å². The fourth-order valence-electron chi connectivity index (χ4n) is 1.43. The Kier molecular flexibility index (Phi) is 4.06. The van der Waals surface area contributed by atoms with Crippen LogP contribution < -0.4 is 5.32 Å². The highest BCUT2D eigenvalue weighted by Gasteiger charge is 2.20. The van der Waals surface area contributed by atoms with Crippen molar-refractivity contribution in [3.05, 3.63) is 21.4 Å². The number of hydrogen-bond acceptors (Lipinski definition) is 3. The first kappa shape index (κ1) is 12.7. The van der Waals surface area contributed by atoms with Crippen LogP contribution in [0, 0.1) is 13.8 Å². The van der Waals surface area contributed by atoms with E-state index in [2.05, 4.69) is 5.32 Å². The minimum atomic E-state index is -1.000. The molecule has 0 radical (unpaired) electrons. The molecule has 16 heavy (non-hydrogen) atoms. The summed E-state index contributed by atoms with van der Waals surface area (Å²) in [5.41, 5.74) is 0.571. The topological polar surface area (TPSA) is 66.4 Å². The van der Waals surface area contributed by atoms with Gasteiger partial charge in [0.25, 0.3) is 5.91 Å². The number of hydrogen-bond donors (Lipinski definition) is 2. The maximum atomic E-state index is 11.8. The molecule has 4 nitrogen and oxygen atoms in total. The molecule has 2 N–H and O–H groups in total. The van der Waals surface area contributed by atoms with Gasteiger partial charge in [-0.15, -0.1) is 11.3 Å². The molecule has 0 spiro atoms. The number of aryl methyl sites for hydroxylation is 2. The maximum absolute atomic E-state index is 11.8. The quantitative estimate of drug-likeness (QED) is 0.846. The van der Waals surface area contributed by atoms with Crippen molar-refractivity contribution in [1.29, 1.82) is 0 Å². The zero-order valence-electron chi connectivity index (χ0n) is 9.53. The molecule has 1 heterocycles. The van der Waals surface area contributed by atoms with Gasteiger partial charge < -0.3 is 10.4 Å². The molecule has 0 aliphatic heterocycles. The van der Waals surface area contributed by atoms with E-state index in [1.807, 2.05) is 13.8 Å². The second kappa shape index (κ2) is 5.12. The zero-order valence-corrected chi connectivity index (χ0v) is 10.4. The van der Waals surface area contributed by atoms with Crippen molar-refractivity contribution in [3.8, 4) is 0 Å². The Labute approximate surface area is 98.3 Å². The fraction of sp³-hybridized carbons (Fsp3) is 0.455. The number of rotatable bonds is 4. The number of amides is 1. The first-order chi connectivity index (χ1) is 7.45. The number of aliphatic carboxylic acids is 1. The lowest BCUT2D eigenvalue weighted by molar-refractivity contribution is -0.139. The normalized spacial score (nSPS) is 12.2. The monoisotopic (exact) mass is 241 g/mol. The zero-order chi connectivity index (χ0) is 12.3. The van der Waals surface area contributed by atoms with Gasteiger partial charge in [-0.1, -0.05) is 6.92 Å². The molecule has 0 saturated carbocycles. The highest BCUT2D eigenvalue weighted by molar-refractivity contribution is 7.12. The van der Waals surface area contributed by atoms with Gasteiger partial charge in [0.1, 0.15) is 6.04 Å². The van der Waals surface area contributed by atoms with E-state index in [-0.39, 0.29) is 5.91 Å². The number of thiophene rings is 1. The molecule has 0 bridgehead atoms. The van der Waals surface area contributed by atoms with Gasteiger partial charge in [0.15, 0.2) is 0 Å². The van der Waals surface area contributed by atoms with Crippen molar-refractivity contribution in [2.45, 2.75) is 33.2 Å². The van der Waals surface area contributed by atoms with E-state index in [0.29, 0.717) is 12.0 Å². The van der Waals surface area contributed by atoms with Crippen LogP contribution in [0.5, 0.6) is 0 Å². The second-order valence-electron chi connectivity index (χ2n) is 3.60. The van der Waals surface area contributed by atoms with E-state index in [9.17, 15) is 9.59 Å². The van der Waals surface area contributed by atoms with Gasteiger partial charge in [0, 0.05) is 9.75 Å². The van der Waals surface area contributed by atoms with Gasteiger partial charge in [0.2, 0.25) is 0 Å². The molecular weight excluding hydrogens is 226 g/mol. The Morgan fingerprint density at radius 2 is 2.12 bits per heavy atom. The standard InChI is InChI=1S/C11H15NO3S/c1-4-9(11(14)15)12-10(13)8-5-6(2)16-7(8)3/h5,9H,4H2,1-3H3,(H,12,13)(H,14,15)/t9-/m1/s1. The van der Waals surface area contributed by atoms with Crippen LogP contribution >= 0.6 is 11.3 Å². The molecule has 88 valence electrons. The average Bonchev–Trinajstić information content (AvgIpc) is 2.53. The summed E-state index contributed by atoms with van der Waals surface area (Å²) in [5.74, 6) is -1.31. The van der Waals surface area contributed by atoms with Crippen LogP contribution in [0.15, 0.2) is 6.07 Å². The summed E-state index contributed by atoms with van der Waals surface area (Å²) in [5, 5.41) is 11.3. The van der Waals surface area contributed by atoms with Crippen molar-refractivity contribution < 1.29 is 14.7 Å². The number of carbonyl (C=O) groups is 2. The van der Waals surface area contributed by atoms with Crippen LogP contribution in [0.1, 0.15) is 33.5 Å². The van der Waals surface area contributed by atoms with Gasteiger partial charge in [-0.25, -0.2) is 4.79 Å². The largest absolute Gasteiger partial charge is 0.480 e. The van der Waals surface area contributed by atoms with E-state index in [0.717, 1.165) is 9.75 Å². The highest BCUT2D eigenvalue weighted by atomic mass is 32.1. The summed E-state index contributed by atoms with van der Waals surface area (Å²) in [6.45, 7) is 5.50. The highest BCUT2D eigenvalue weighted by Crippen LogP contribution is 2.20. The first-order valence-corrected chi connectivity index (χ1v) is 5.88. The molecule has 1 aromatic rings.